The number of carbonyl (C=O) groups excluding carboxylic acids is 1. The van der Waals surface area contributed by atoms with Crippen LogP contribution in [-0.4, -0.2) is 30.0 Å². The second kappa shape index (κ2) is 6.14. The van der Waals surface area contributed by atoms with E-state index in [1.165, 1.54) is 18.3 Å². The summed E-state index contributed by atoms with van der Waals surface area (Å²) in [5, 5.41) is 3.80. The third-order valence-corrected chi connectivity index (χ3v) is 4.53. The van der Waals surface area contributed by atoms with Gasteiger partial charge in [-0.3, -0.25) is 4.79 Å². The molecule has 0 saturated heterocycles. The van der Waals surface area contributed by atoms with Gasteiger partial charge in [0.05, 0.1) is 15.9 Å². The van der Waals surface area contributed by atoms with Crippen molar-refractivity contribution in [1.29, 1.82) is 0 Å². The lowest BCUT2D eigenvalue weighted by atomic mass is 10.1. The van der Waals surface area contributed by atoms with E-state index in [1.807, 2.05) is 43.3 Å². The van der Waals surface area contributed by atoms with Crippen molar-refractivity contribution in [3.63, 3.8) is 0 Å². The van der Waals surface area contributed by atoms with Crippen molar-refractivity contribution < 1.29 is 4.79 Å². The van der Waals surface area contributed by atoms with Crippen LogP contribution in [0.25, 0.3) is 21.3 Å². The van der Waals surface area contributed by atoms with Gasteiger partial charge in [0.15, 0.2) is 10.3 Å². The number of hydrogen-bond donors (Lipinski definition) is 1. The molecule has 3 rings (SSSR count). The molecule has 0 aliphatic rings. The lowest BCUT2D eigenvalue weighted by Crippen LogP contribution is -2.09. The lowest BCUT2D eigenvalue weighted by molar-refractivity contribution is -0.114. The van der Waals surface area contributed by atoms with Gasteiger partial charge in [0.2, 0.25) is 5.91 Å². The highest BCUT2D eigenvalue weighted by atomic mass is 35.5. The summed E-state index contributed by atoms with van der Waals surface area (Å²) in [4.78, 5) is 21.7. The van der Waals surface area contributed by atoms with Crippen molar-refractivity contribution >= 4 is 49.9 Å². The summed E-state index contributed by atoms with van der Waals surface area (Å²) in [6, 6.07) is 7.98. The zero-order valence-corrected chi connectivity index (χ0v) is 14.5. The van der Waals surface area contributed by atoms with Crippen molar-refractivity contribution in [3.05, 3.63) is 35.6 Å². The highest BCUT2D eigenvalue weighted by Crippen LogP contribution is 2.33. The molecule has 0 fully saturated rings. The van der Waals surface area contributed by atoms with Gasteiger partial charge >= 0.3 is 0 Å². The van der Waals surface area contributed by atoms with Gasteiger partial charge in [-0.15, -0.1) is 0 Å². The number of amides is 1. The average molecular weight is 347 g/mol. The molecule has 0 bridgehead atoms. The smallest absolute Gasteiger partial charge is 0.223 e. The number of hydrogen-bond acceptors (Lipinski definition) is 5. The molecule has 118 valence electrons. The highest BCUT2D eigenvalue weighted by Gasteiger charge is 2.10. The van der Waals surface area contributed by atoms with E-state index in [9.17, 15) is 4.79 Å². The molecule has 1 amide bonds. The Bertz CT molecular complexity index is 891. The molecule has 0 unspecified atom stereocenters. The second-order valence-corrected chi connectivity index (χ2v) is 6.70. The fraction of sp³-hybridized carbons (Fsp3) is 0.188. The van der Waals surface area contributed by atoms with E-state index in [0.29, 0.717) is 10.3 Å². The van der Waals surface area contributed by atoms with Crippen molar-refractivity contribution in [2.45, 2.75) is 6.92 Å². The Hall–Kier alpha value is -2.18. The molecule has 0 atom stereocenters. The van der Waals surface area contributed by atoms with Crippen LogP contribution in [0.15, 0.2) is 30.5 Å². The Morgan fingerprint density at radius 3 is 2.74 bits per heavy atom. The number of fused-ring (bicyclic) bond motifs is 1. The van der Waals surface area contributed by atoms with Gasteiger partial charge < -0.3 is 10.2 Å². The maximum Gasteiger partial charge on any atom is 0.223 e. The molecule has 5 nitrogen and oxygen atoms in total. The minimum atomic E-state index is -0.123. The molecule has 1 N–H and O–H groups in total. The number of halogens is 1. The predicted molar refractivity (Wildman–Crippen MR) is 96.5 cm³/mol. The van der Waals surface area contributed by atoms with Gasteiger partial charge in [-0.1, -0.05) is 29.0 Å². The average Bonchev–Trinajstić information content (AvgIpc) is 2.87. The first-order valence-corrected chi connectivity index (χ1v) is 8.15. The molecule has 3 aromatic rings. The number of nitrogens with zero attached hydrogens (tertiary/aromatic N) is 3. The molecule has 7 heteroatoms. The Labute approximate surface area is 142 Å². The number of rotatable bonds is 3. The molecule has 0 radical (unpaired) electrons. The molecule has 0 saturated carbocycles. The first-order valence-electron chi connectivity index (χ1n) is 6.95. The number of carbonyl (C=O) groups is 1. The van der Waals surface area contributed by atoms with E-state index in [-0.39, 0.29) is 5.91 Å². The SMILES string of the molecule is CC(=O)Nc1nc2ccc(-c3cnc(Cl)c(N(C)C)c3)cc2s1. The quantitative estimate of drug-likeness (QED) is 0.727. The van der Waals surface area contributed by atoms with E-state index in [0.717, 1.165) is 27.0 Å². The lowest BCUT2D eigenvalue weighted by Gasteiger charge is -2.14. The van der Waals surface area contributed by atoms with E-state index < -0.39 is 0 Å². The molecular weight excluding hydrogens is 332 g/mol. The van der Waals surface area contributed by atoms with Gasteiger partial charge in [0, 0.05) is 32.8 Å². The van der Waals surface area contributed by atoms with Gasteiger partial charge in [-0.25, -0.2) is 9.97 Å². The van der Waals surface area contributed by atoms with Crippen molar-refractivity contribution in [3.8, 4) is 11.1 Å². The molecule has 0 spiro atoms. The zero-order chi connectivity index (χ0) is 16.6. The van der Waals surface area contributed by atoms with Gasteiger partial charge in [0.25, 0.3) is 0 Å². The summed E-state index contributed by atoms with van der Waals surface area (Å²) in [6.07, 6.45) is 1.76. The van der Waals surface area contributed by atoms with E-state index >= 15 is 0 Å². The first kappa shape index (κ1) is 15.7. The Kier molecular flexibility index (Phi) is 4.19. The van der Waals surface area contributed by atoms with Crippen LogP contribution in [0.5, 0.6) is 0 Å². The predicted octanol–water partition coefficient (Wildman–Crippen LogP) is 4.04. The number of thiazole rings is 1. The van der Waals surface area contributed by atoms with Crippen molar-refractivity contribution in [1.82, 2.24) is 9.97 Å². The minimum Gasteiger partial charge on any atom is -0.375 e. The Morgan fingerprint density at radius 2 is 2.04 bits per heavy atom. The topological polar surface area (TPSA) is 58.1 Å². The maximum atomic E-state index is 11.1. The maximum absolute atomic E-state index is 11.1. The summed E-state index contributed by atoms with van der Waals surface area (Å²) in [5.74, 6) is -0.123. The number of aromatic nitrogens is 2. The second-order valence-electron chi connectivity index (χ2n) is 5.31. The third-order valence-electron chi connectivity index (χ3n) is 3.31. The third kappa shape index (κ3) is 3.28. The van der Waals surface area contributed by atoms with Crippen LogP contribution in [-0.2, 0) is 4.79 Å². The van der Waals surface area contributed by atoms with Crippen molar-refractivity contribution in [2.75, 3.05) is 24.3 Å². The molecule has 2 heterocycles. The standard InChI is InChI=1S/C16H15ClN4OS/c1-9(22)19-16-20-12-5-4-10(7-14(12)23-16)11-6-13(21(2)3)15(17)18-8-11/h4-8H,1-3H3,(H,19,20,22). The number of pyridine rings is 1. The zero-order valence-electron chi connectivity index (χ0n) is 12.9. The minimum absolute atomic E-state index is 0.123. The van der Waals surface area contributed by atoms with Crippen LogP contribution in [0, 0.1) is 0 Å². The summed E-state index contributed by atoms with van der Waals surface area (Å²) in [6.45, 7) is 1.47. The number of anilines is 2. The van der Waals surface area contributed by atoms with E-state index in [4.69, 9.17) is 11.6 Å². The monoisotopic (exact) mass is 346 g/mol. The summed E-state index contributed by atoms with van der Waals surface area (Å²) in [7, 11) is 3.86. The Morgan fingerprint density at radius 1 is 1.26 bits per heavy atom. The molecule has 2 aromatic heterocycles. The van der Waals surface area contributed by atoms with Gasteiger partial charge in [-0.05, 0) is 23.8 Å². The van der Waals surface area contributed by atoms with Crippen LogP contribution in [0.2, 0.25) is 5.15 Å². The number of nitrogens with one attached hydrogen (secondary N) is 1. The Balaban J connectivity index is 2.03. The summed E-state index contributed by atoms with van der Waals surface area (Å²) < 4.78 is 1.01. The van der Waals surface area contributed by atoms with Crippen molar-refractivity contribution in [2.24, 2.45) is 0 Å². The first-order chi connectivity index (χ1) is 10.9. The largest absolute Gasteiger partial charge is 0.375 e. The number of benzene rings is 1. The molecular formula is C16H15ClN4OS. The van der Waals surface area contributed by atoms with E-state index in [1.54, 1.807) is 6.20 Å². The van der Waals surface area contributed by atoms with Crippen LogP contribution in [0.3, 0.4) is 0 Å². The van der Waals surface area contributed by atoms with Gasteiger partial charge in [-0.2, -0.15) is 0 Å². The van der Waals surface area contributed by atoms with Crippen LogP contribution in [0.4, 0.5) is 10.8 Å². The normalized spacial score (nSPS) is 10.8. The summed E-state index contributed by atoms with van der Waals surface area (Å²) >= 11 is 7.57. The summed E-state index contributed by atoms with van der Waals surface area (Å²) in [5.41, 5.74) is 3.74. The van der Waals surface area contributed by atoms with Crippen LogP contribution in [0.1, 0.15) is 6.92 Å². The fourth-order valence-corrected chi connectivity index (χ4v) is 3.44. The molecule has 0 aliphatic carbocycles. The molecule has 1 aromatic carbocycles. The molecule has 23 heavy (non-hydrogen) atoms. The van der Waals surface area contributed by atoms with E-state index in [2.05, 4.69) is 15.3 Å². The van der Waals surface area contributed by atoms with Gasteiger partial charge in [0.1, 0.15) is 0 Å². The van der Waals surface area contributed by atoms with Crippen LogP contribution < -0.4 is 10.2 Å². The van der Waals surface area contributed by atoms with Crippen LogP contribution >= 0.6 is 22.9 Å². The highest BCUT2D eigenvalue weighted by molar-refractivity contribution is 7.22. The fourth-order valence-electron chi connectivity index (χ4n) is 2.22. The molecule has 0 aliphatic heterocycles.